The molecular formula is C11H8INO2. The summed E-state index contributed by atoms with van der Waals surface area (Å²) in [7, 11) is 0. The van der Waals surface area contributed by atoms with Crippen molar-refractivity contribution >= 4 is 39.3 Å². The Balaban J connectivity index is 2.66. The van der Waals surface area contributed by atoms with Crippen LogP contribution in [0.5, 0.6) is 5.75 Å². The zero-order chi connectivity index (χ0) is 10.8. The quantitative estimate of drug-likeness (QED) is 0.462. The Bertz CT molecular complexity index is 525. The first-order chi connectivity index (χ1) is 7.18. The van der Waals surface area contributed by atoms with Gasteiger partial charge in [0.25, 0.3) is 0 Å². The number of esters is 1. The topological polar surface area (TPSA) is 39.2 Å². The molecule has 0 aliphatic rings. The average molecular weight is 313 g/mol. The summed E-state index contributed by atoms with van der Waals surface area (Å²) in [6.45, 7) is 1.39. The normalized spacial score (nSPS) is 10.3. The Hall–Kier alpha value is -1.17. The van der Waals surface area contributed by atoms with Gasteiger partial charge in [-0.25, -0.2) is 0 Å². The minimum atomic E-state index is -0.318. The Kier molecular flexibility index (Phi) is 2.86. The predicted octanol–water partition coefficient (Wildman–Crippen LogP) is 2.76. The Morgan fingerprint density at radius 3 is 2.87 bits per heavy atom. The van der Waals surface area contributed by atoms with Gasteiger partial charge in [-0.1, -0.05) is 0 Å². The van der Waals surface area contributed by atoms with Crippen molar-refractivity contribution in [2.45, 2.75) is 6.92 Å². The molecule has 2 rings (SSSR count). The first-order valence-electron chi connectivity index (χ1n) is 4.39. The third-order valence-corrected chi connectivity index (χ3v) is 2.92. The molecular weight excluding hydrogens is 305 g/mol. The molecule has 0 aliphatic heterocycles. The number of benzene rings is 1. The zero-order valence-corrected chi connectivity index (χ0v) is 10.2. The minimum Gasteiger partial charge on any atom is -0.426 e. The van der Waals surface area contributed by atoms with Gasteiger partial charge in [-0.3, -0.25) is 9.78 Å². The van der Waals surface area contributed by atoms with Gasteiger partial charge in [0.2, 0.25) is 0 Å². The van der Waals surface area contributed by atoms with Crippen molar-refractivity contribution in [2.75, 3.05) is 0 Å². The van der Waals surface area contributed by atoms with Crippen LogP contribution in [0, 0.1) is 3.57 Å². The zero-order valence-electron chi connectivity index (χ0n) is 8.03. The lowest BCUT2D eigenvalue weighted by Crippen LogP contribution is -2.02. The minimum absolute atomic E-state index is 0.318. The second kappa shape index (κ2) is 4.14. The smallest absolute Gasteiger partial charge is 0.308 e. The van der Waals surface area contributed by atoms with E-state index in [2.05, 4.69) is 27.6 Å². The maximum Gasteiger partial charge on any atom is 0.308 e. The highest BCUT2D eigenvalue weighted by atomic mass is 127. The number of ether oxygens (including phenoxy) is 1. The van der Waals surface area contributed by atoms with Crippen LogP contribution in [0.2, 0.25) is 0 Å². The van der Waals surface area contributed by atoms with Crippen molar-refractivity contribution in [3.8, 4) is 5.75 Å². The molecule has 3 nitrogen and oxygen atoms in total. The molecule has 15 heavy (non-hydrogen) atoms. The molecule has 0 atom stereocenters. The van der Waals surface area contributed by atoms with Crippen molar-refractivity contribution in [1.29, 1.82) is 0 Å². The molecule has 0 bridgehead atoms. The van der Waals surface area contributed by atoms with Gasteiger partial charge < -0.3 is 4.74 Å². The summed E-state index contributed by atoms with van der Waals surface area (Å²) >= 11 is 2.24. The van der Waals surface area contributed by atoms with Gasteiger partial charge in [0.05, 0.1) is 0 Å². The second-order valence-electron chi connectivity index (χ2n) is 3.06. The van der Waals surface area contributed by atoms with Crippen LogP contribution in [-0.4, -0.2) is 11.0 Å². The fourth-order valence-corrected chi connectivity index (χ4v) is 2.02. The highest BCUT2D eigenvalue weighted by molar-refractivity contribution is 14.1. The molecule has 0 unspecified atom stereocenters. The van der Waals surface area contributed by atoms with Crippen molar-refractivity contribution in [3.05, 3.63) is 34.2 Å². The molecule has 0 N–H and O–H groups in total. The predicted molar refractivity (Wildman–Crippen MR) is 65.8 cm³/mol. The summed E-state index contributed by atoms with van der Waals surface area (Å²) in [4.78, 5) is 14.9. The van der Waals surface area contributed by atoms with Crippen molar-refractivity contribution in [1.82, 2.24) is 4.98 Å². The summed E-state index contributed by atoms with van der Waals surface area (Å²) in [5.74, 6) is 0.243. The third-order valence-electron chi connectivity index (χ3n) is 1.98. The molecule has 4 heteroatoms. The Morgan fingerprint density at radius 2 is 2.13 bits per heavy atom. The van der Waals surface area contributed by atoms with Crippen LogP contribution in [0.4, 0.5) is 0 Å². The molecule has 0 amide bonds. The van der Waals surface area contributed by atoms with Gasteiger partial charge in [-0.05, 0) is 40.8 Å². The number of halogens is 1. The van der Waals surface area contributed by atoms with E-state index in [-0.39, 0.29) is 5.97 Å². The van der Waals surface area contributed by atoms with Crippen molar-refractivity contribution in [3.63, 3.8) is 0 Å². The molecule has 0 radical (unpaired) electrons. The number of hydrogen-bond acceptors (Lipinski definition) is 3. The van der Waals surface area contributed by atoms with Gasteiger partial charge >= 0.3 is 5.97 Å². The summed E-state index contributed by atoms with van der Waals surface area (Å²) in [5, 5.41) is 1.91. The van der Waals surface area contributed by atoms with E-state index < -0.39 is 0 Å². The van der Waals surface area contributed by atoms with Crippen molar-refractivity contribution < 1.29 is 9.53 Å². The van der Waals surface area contributed by atoms with Gasteiger partial charge in [-0.15, -0.1) is 0 Å². The molecule has 0 fully saturated rings. The lowest BCUT2D eigenvalue weighted by atomic mass is 10.1. The van der Waals surface area contributed by atoms with E-state index in [9.17, 15) is 4.79 Å². The third kappa shape index (κ3) is 2.09. The number of hydrogen-bond donors (Lipinski definition) is 0. The summed E-state index contributed by atoms with van der Waals surface area (Å²) in [6.07, 6.45) is 3.43. The number of carbonyl (C=O) groups excluding carboxylic acids is 1. The molecule has 1 aromatic carbocycles. The molecule has 0 aliphatic carbocycles. The van der Waals surface area contributed by atoms with E-state index in [1.807, 2.05) is 12.1 Å². The highest BCUT2D eigenvalue weighted by Crippen LogP contribution is 2.28. The van der Waals surface area contributed by atoms with Crippen molar-refractivity contribution in [2.24, 2.45) is 0 Å². The van der Waals surface area contributed by atoms with Crippen LogP contribution < -0.4 is 4.74 Å². The fourth-order valence-electron chi connectivity index (χ4n) is 1.37. The van der Waals surface area contributed by atoms with E-state index in [1.54, 1.807) is 18.5 Å². The number of aromatic nitrogens is 1. The molecule has 76 valence electrons. The maximum atomic E-state index is 10.9. The number of pyridine rings is 1. The van der Waals surface area contributed by atoms with Gasteiger partial charge in [-0.2, -0.15) is 0 Å². The van der Waals surface area contributed by atoms with Gasteiger partial charge in [0.1, 0.15) is 5.75 Å². The molecule has 1 aromatic heterocycles. The maximum absolute atomic E-state index is 10.9. The molecule has 0 saturated carbocycles. The Morgan fingerprint density at radius 1 is 1.33 bits per heavy atom. The van der Waals surface area contributed by atoms with Crippen LogP contribution >= 0.6 is 22.6 Å². The van der Waals surface area contributed by atoms with Gasteiger partial charge in [0.15, 0.2) is 0 Å². The summed E-state index contributed by atoms with van der Waals surface area (Å²) in [6, 6.07) is 5.61. The number of fused-ring (bicyclic) bond motifs is 1. The van der Waals surface area contributed by atoms with E-state index in [4.69, 9.17) is 4.74 Å². The molecule has 0 spiro atoms. The first-order valence-corrected chi connectivity index (χ1v) is 5.47. The SMILES string of the molecule is CC(=O)Oc1ccc(I)c2ccncc12. The average Bonchev–Trinajstić information content (AvgIpc) is 2.22. The Labute approximate surface area is 101 Å². The highest BCUT2D eigenvalue weighted by Gasteiger charge is 2.06. The van der Waals surface area contributed by atoms with E-state index in [0.29, 0.717) is 5.75 Å². The lowest BCUT2D eigenvalue weighted by Gasteiger charge is -2.06. The lowest BCUT2D eigenvalue weighted by molar-refractivity contribution is -0.131. The number of carbonyl (C=O) groups is 1. The van der Waals surface area contributed by atoms with E-state index in [1.165, 1.54) is 6.92 Å². The standard InChI is InChI=1S/C11H8INO2/c1-7(14)15-11-3-2-10(12)8-4-5-13-6-9(8)11/h2-6H,1H3. The monoisotopic (exact) mass is 313 g/mol. The van der Waals surface area contributed by atoms with E-state index >= 15 is 0 Å². The molecule has 1 heterocycles. The molecule has 2 aromatic rings. The molecule has 0 saturated heterocycles. The van der Waals surface area contributed by atoms with Gasteiger partial charge in [0, 0.05) is 33.7 Å². The van der Waals surface area contributed by atoms with E-state index in [0.717, 1.165) is 14.3 Å². The summed E-state index contributed by atoms with van der Waals surface area (Å²) < 4.78 is 6.21. The second-order valence-corrected chi connectivity index (χ2v) is 4.22. The van der Waals surface area contributed by atoms with Crippen LogP contribution in [-0.2, 0) is 4.79 Å². The largest absolute Gasteiger partial charge is 0.426 e. The number of rotatable bonds is 1. The van der Waals surface area contributed by atoms with Crippen LogP contribution in [0.25, 0.3) is 10.8 Å². The van der Waals surface area contributed by atoms with Crippen LogP contribution in [0.15, 0.2) is 30.6 Å². The number of nitrogens with zero attached hydrogens (tertiary/aromatic N) is 1. The fraction of sp³-hybridized carbons (Fsp3) is 0.0909. The summed E-state index contributed by atoms with van der Waals surface area (Å²) in [5.41, 5.74) is 0. The van der Waals surface area contributed by atoms with Crippen LogP contribution in [0.3, 0.4) is 0 Å². The first kappa shape index (κ1) is 10.4. The van der Waals surface area contributed by atoms with Crippen LogP contribution in [0.1, 0.15) is 6.92 Å².